The minimum Gasteiger partial charge on any atom is -0.338 e. The molecule has 0 bridgehead atoms. The van der Waals surface area contributed by atoms with Crippen molar-refractivity contribution in [2.75, 3.05) is 37.9 Å². The van der Waals surface area contributed by atoms with E-state index in [4.69, 9.17) is 0 Å². The van der Waals surface area contributed by atoms with Crippen molar-refractivity contribution < 1.29 is 13.2 Å². The third-order valence-electron chi connectivity index (χ3n) is 5.42. The van der Waals surface area contributed by atoms with Gasteiger partial charge in [0.25, 0.3) is 0 Å². The highest BCUT2D eigenvalue weighted by molar-refractivity contribution is 7.99. The molecule has 1 fully saturated rings. The summed E-state index contributed by atoms with van der Waals surface area (Å²) in [5.74, 6) is 1.40. The second-order valence-electron chi connectivity index (χ2n) is 7.76. The summed E-state index contributed by atoms with van der Waals surface area (Å²) in [6.07, 6.45) is 3.56. The van der Waals surface area contributed by atoms with Crippen LogP contribution in [0.15, 0.2) is 5.16 Å². The monoisotopic (exact) mass is 445 g/mol. The van der Waals surface area contributed by atoms with E-state index in [1.807, 2.05) is 21.0 Å². The van der Waals surface area contributed by atoms with Gasteiger partial charge in [-0.3, -0.25) is 9.69 Å². The van der Waals surface area contributed by atoms with Crippen LogP contribution >= 0.6 is 11.8 Å². The van der Waals surface area contributed by atoms with E-state index in [9.17, 15) is 13.2 Å². The number of rotatable bonds is 11. The van der Waals surface area contributed by atoms with Crippen molar-refractivity contribution in [3.05, 3.63) is 5.82 Å². The molecule has 2 rings (SSSR count). The average molecular weight is 446 g/mol. The zero-order valence-electron chi connectivity index (χ0n) is 18.3. The lowest BCUT2D eigenvalue weighted by Crippen LogP contribution is -2.42. The van der Waals surface area contributed by atoms with E-state index in [0.717, 1.165) is 36.8 Å². The standard InChI is InChI=1S/C19H35N5O3S2/c1-6-9-11-24-18(16(7-2)22(4)5)20-21-19(24)28-13-17(25)23(8-3)15-10-12-29(26,27)14-15/h15-16H,6-14H2,1-5H3/t15-,16+/m1/s1. The highest BCUT2D eigenvalue weighted by atomic mass is 32.2. The normalized spacial score (nSPS) is 19.6. The van der Waals surface area contributed by atoms with Crippen LogP contribution in [0.3, 0.4) is 0 Å². The summed E-state index contributed by atoms with van der Waals surface area (Å²) in [7, 11) is 1.06. The summed E-state index contributed by atoms with van der Waals surface area (Å²) in [4.78, 5) is 16.7. The highest BCUT2D eigenvalue weighted by Crippen LogP contribution is 2.26. The fourth-order valence-corrected chi connectivity index (χ4v) is 6.42. The number of hydrogen-bond donors (Lipinski definition) is 0. The van der Waals surface area contributed by atoms with Crippen LogP contribution in [0.25, 0.3) is 0 Å². The molecule has 166 valence electrons. The minimum atomic E-state index is -3.02. The fourth-order valence-electron chi connectivity index (χ4n) is 3.83. The molecular weight excluding hydrogens is 410 g/mol. The van der Waals surface area contributed by atoms with E-state index in [-0.39, 0.29) is 35.2 Å². The quantitative estimate of drug-likeness (QED) is 0.483. The van der Waals surface area contributed by atoms with Crippen molar-refractivity contribution in [3.63, 3.8) is 0 Å². The van der Waals surface area contributed by atoms with Gasteiger partial charge < -0.3 is 9.47 Å². The maximum atomic E-state index is 12.8. The molecule has 1 aliphatic heterocycles. The molecule has 0 radical (unpaired) electrons. The number of unbranched alkanes of at least 4 members (excludes halogenated alkanes) is 1. The zero-order chi connectivity index (χ0) is 21.6. The largest absolute Gasteiger partial charge is 0.338 e. The lowest BCUT2D eigenvalue weighted by Gasteiger charge is -2.26. The Labute approximate surface area is 179 Å². The summed E-state index contributed by atoms with van der Waals surface area (Å²) in [6.45, 7) is 7.54. The Hall–Kier alpha value is -1.13. The number of sulfone groups is 1. The van der Waals surface area contributed by atoms with Crippen molar-refractivity contribution in [3.8, 4) is 0 Å². The number of carbonyl (C=O) groups is 1. The number of hydrogen-bond acceptors (Lipinski definition) is 7. The van der Waals surface area contributed by atoms with Crippen molar-refractivity contribution in [1.29, 1.82) is 0 Å². The number of aromatic nitrogens is 3. The Kier molecular flexibility index (Phi) is 8.96. The van der Waals surface area contributed by atoms with E-state index in [2.05, 4.69) is 33.5 Å². The number of nitrogens with zero attached hydrogens (tertiary/aromatic N) is 5. The summed E-state index contributed by atoms with van der Waals surface area (Å²) in [5.41, 5.74) is 0. The molecule has 0 N–H and O–H groups in total. The molecule has 0 spiro atoms. The van der Waals surface area contributed by atoms with Gasteiger partial charge in [0.1, 0.15) is 0 Å². The first-order valence-electron chi connectivity index (χ1n) is 10.5. The Bertz CT molecular complexity index is 779. The first-order valence-corrected chi connectivity index (χ1v) is 13.3. The van der Waals surface area contributed by atoms with Gasteiger partial charge in [-0.15, -0.1) is 10.2 Å². The molecule has 0 aromatic carbocycles. The molecular formula is C19H35N5O3S2. The Morgan fingerprint density at radius 1 is 1.28 bits per heavy atom. The molecule has 0 unspecified atom stereocenters. The van der Waals surface area contributed by atoms with Gasteiger partial charge in [-0.25, -0.2) is 8.42 Å². The van der Waals surface area contributed by atoms with Crippen molar-refractivity contribution in [2.45, 2.75) is 70.2 Å². The van der Waals surface area contributed by atoms with Crippen LogP contribution in [0.4, 0.5) is 0 Å². The third kappa shape index (κ3) is 6.18. The topological polar surface area (TPSA) is 88.4 Å². The SMILES string of the molecule is CCCCn1c(SCC(=O)N(CC)[C@@H]2CCS(=O)(=O)C2)nnc1[C@H](CC)N(C)C. The second-order valence-corrected chi connectivity index (χ2v) is 10.9. The third-order valence-corrected chi connectivity index (χ3v) is 8.13. The highest BCUT2D eigenvalue weighted by Gasteiger charge is 2.34. The lowest BCUT2D eigenvalue weighted by atomic mass is 10.2. The Morgan fingerprint density at radius 3 is 2.52 bits per heavy atom. The molecule has 1 amide bonds. The first kappa shape index (κ1) is 24.1. The summed E-state index contributed by atoms with van der Waals surface area (Å²) in [5, 5.41) is 9.59. The molecule has 1 saturated heterocycles. The molecule has 10 heteroatoms. The Balaban J connectivity index is 2.12. The average Bonchev–Trinajstić information content (AvgIpc) is 3.22. The maximum Gasteiger partial charge on any atom is 0.233 e. The van der Waals surface area contributed by atoms with E-state index < -0.39 is 9.84 Å². The predicted octanol–water partition coefficient (Wildman–Crippen LogP) is 2.22. The van der Waals surface area contributed by atoms with E-state index in [1.54, 1.807) is 4.90 Å². The van der Waals surface area contributed by atoms with E-state index in [1.165, 1.54) is 11.8 Å². The molecule has 1 aromatic rings. The molecule has 8 nitrogen and oxygen atoms in total. The van der Waals surface area contributed by atoms with Crippen LogP contribution in [0, 0.1) is 0 Å². The first-order chi connectivity index (χ1) is 13.7. The van der Waals surface area contributed by atoms with E-state index >= 15 is 0 Å². The van der Waals surface area contributed by atoms with Gasteiger partial charge in [0.15, 0.2) is 20.8 Å². The van der Waals surface area contributed by atoms with Crippen LogP contribution in [-0.2, 0) is 21.2 Å². The second kappa shape index (κ2) is 10.8. The molecule has 2 heterocycles. The number of carbonyl (C=O) groups excluding carboxylic acids is 1. The van der Waals surface area contributed by atoms with Crippen LogP contribution < -0.4 is 0 Å². The van der Waals surface area contributed by atoms with Gasteiger partial charge in [-0.05, 0) is 40.3 Å². The molecule has 2 atom stereocenters. The van der Waals surface area contributed by atoms with Gasteiger partial charge in [-0.2, -0.15) is 0 Å². The van der Waals surface area contributed by atoms with Crippen molar-refractivity contribution in [2.24, 2.45) is 0 Å². The summed E-state index contributed by atoms with van der Waals surface area (Å²) >= 11 is 1.40. The zero-order valence-corrected chi connectivity index (χ0v) is 19.9. The van der Waals surface area contributed by atoms with Crippen LogP contribution in [0.5, 0.6) is 0 Å². The predicted molar refractivity (Wildman–Crippen MR) is 117 cm³/mol. The lowest BCUT2D eigenvalue weighted by molar-refractivity contribution is -0.129. The van der Waals surface area contributed by atoms with Gasteiger partial charge in [0.05, 0.1) is 23.3 Å². The molecule has 1 aliphatic rings. The van der Waals surface area contributed by atoms with Gasteiger partial charge in [0.2, 0.25) is 5.91 Å². The molecule has 29 heavy (non-hydrogen) atoms. The fraction of sp³-hybridized carbons (Fsp3) is 0.842. The summed E-state index contributed by atoms with van der Waals surface area (Å²) < 4.78 is 25.7. The minimum absolute atomic E-state index is 0.0363. The van der Waals surface area contributed by atoms with Crippen molar-refractivity contribution in [1.82, 2.24) is 24.6 Å². The van der Waals surface area contributed by atoms with Gasteiger partial charge in [-0.1, -0.05) is 32.0 Å². The van der Waals surface area contributed by atoms with Crippen molar-refractivity contribution >= 4 is 27.5 Å². The number of amides is 1. The van der Waals surface area contributed by atoms with E-state index in [0.29, 0.717) is 13.0 Å². The van der Waals surface area contributed by atoms with Crippen LogP contribution in [0.2, 0.25) is 0 Å². The van der Waals surface area contributed by atoms with Gasteiger partial charge in [0, 0.05) is 19.1 Å². The molecule has 0 aliphatic carbocycles. The van der Waals surface area contributed by atoms with Crippen LogP contribution in [-0.4, -0.2) is 82.8 Å². The smallest absolute Gasteiger partial charge is 0.233 e. The van der Waals surface area contributed by atoms with Gasteiger partial charge >= 0.3 is 0 Å². The number of thioether (sulfide) groups is 1. The Morgan fingerprint density at radius 2 is 2.00 bits per heavy atom. The maximum absolute atomic E-state index is 12.8. The summed E-state index contributed by atoms with van der Waals surface area (Å²) in [6, 6.07) is -0.0231. The molecule has 1 aromatic heterocycles. The van der Waals surface area contributed by atoms with Crippen LogP contribution in [0.1, 0.15) is 58.3 Å². The molecule has 0 saturated carbocycles.